The Morgan fingerprint density at radius 2 is 2.00 bits per heavy atom. The number of nitrogens with zero attached hydrogens (tertiary/aromatic N) is 1. The highest BCUT2D eigenvalue weighted by atomic mass is 32.1. The quantitative estimate of drug-likeness (QED) is 0.917. The Balaban J connectivity index is 1.78. The zero-order chi connectivity index (χ0) is 17.5. The van der Waals surface area contributed by atoms with Crippen molar-refractivity contribution in [2.24, 2.45) is 5.41 Å². The lowest BCUT2D eigenvalue weighted by Crippen LogP contribution is -2.47. The minimum Gasteiger partial charge on any atom is -0.481 e. The first-order valence-electron chi connectivity index (χ1n) is 7.27. The highest BCUT2D eigenvalue weighted by Gasteiger charge is 2.64. The molecule has 1 aliphatic heterocycles. The number of thiophene rings is 1. The number of hydrogen-bond acceptors (Lipinski definition) is 3. The third kappa shape index (κ3) is 2.64. The van der Waals surface area contributed by atoms with Crippen LogP contribution in [-0.4, -0.2) is 41.1 Å². The molecule has 0 spiro atoms. The Hall–Kier alpha value is -2.09. The fourth-order valence-electron chi connectivity index (χ4n) is 2.99. The normalized spacial score (nSPS) is 21.4. The first kappa shape index (κ1) is 16.8. The van der Waals surface area contributed by atoms with Gasteiger partial charge in [-0.05, 0) is 28.8 Å². The topological polar surface area (TPSA) is 57.6 Å². The smallest absolute Gasteiger partial charge is 0.406 e. The van der Waals surface area contributed by atoms with Crippen molar-refractivity contribution < 1.29 is 27.9 Å². The maximum atomic E-state index is 13.2. The van der Waals surface area contributed by atoms with Gasteiger partial charge in [-0.2, -0.15) is 13.2 Å². The van der Waals surface area contributed by atoms with Gasteiger partial charge in [-0.1, -0.05) is 18.2 Å². The van der Waals surface area contributed by atoms with Crippen LogP contribution >= 0.6 is 11.3 Å². The lowest BCUT2D eigenvalue weighted by molar-refractivity contribution is -0.227. The molecule has 2 heterocycles. The molecule has 4 nitrogen and oxygen atoms in total. The summed E-state index contributed by atoms with van der Waals surface area (Å²) >= 11 is 1.46. The number of carboxylic acids is 1. The molecular formula is C16H14F3NO3S. The van der Waals surface area contributed by atoms with Gasteiger partial charge in [0, 0.05) is 17.8 Å². The number of halogens is 3. The van der Waals surface area contributed by atoms with Crippen molar-refractivity contribution in [3.05, 3.63) is 35.2 Å². The van der Waals surface area contributed by atoms with Gasteiger partial charge in [-0.15, -0.1) is 11.3 Å². The molecule has 2 aromatic rings. The van der Waals surface area contributed by atoms with E-state index in [1.807, 2.05) is 29.6 Å². The van der Waals surface area contributed by atoms with Crippen LogP contribution in [0.2, 0.25) is 0 Å². The molecule has 1 atom stereocenters. The molecule has 1 N–H and O–H groups in total. The monoisotopic (exact) mass is 357 g/mol. The Bertz CT molecular complexity index is 801. The maximum absolute atomic E-state index is 13.2. The molecule has 128 valence electrons. The molecule has 1 aliphatic rings. The van der Waals surface area contributed by atoms with Crippen molar-refractivity contribution in [2.75, 3.05) is 13.1 Å². The number of carbonyl (C=O) groups excluding carboxylic acids is 1. The van der Waals surface area contributed by atoms with E-state index in [9.17, 15) is 22.8 Å². The summed E-state index contributed by atoms with van der Waals surface area (Å²) in [5.41, 5.74) is -2.11. The van der Waals surface area contributed by atoms with Crippen molar-refractivity contribution in [2.45, 2.75) is 19.0 Å². The van der Waals surface area contributed by atoms with Crippen LogP contribution in [0.15, 0.2) is 29.6 Å². The molecule has 1 fully saturated rings. The molecule has 1 amide bonds. The van der Waals surface area contributed by atoms with Crippen LogP contribution in [0.5, 0.6) is 0 Å². The fraction of sp³-hybridized carbons (Fsp3) is 0.375. The minimum absolute atomic E-state index is 0.0302. The van der Waals surface area contributed by atoms with Gasteiger partial charge in [0.2, 0.25) is 5.91 Å². The van der Waals surface area contributed by atoms with E-state index in [4.69, 9.17) is 5.11 Å². The molecule has 0 bridgehead atoms. The first-order chi connectivity index (χ1) is 11.2. The molecule has 1 saturated heterocycles. The standard InChI is InChI=1S/C16H14F3NO3S/c17-16(18,19)15(14(22)23)5-6-20(9-15)13(21)7-10-8-24-12-4-2-1-3-11(10)12/h1-4,8H,5-7,9H2,(H,22,23). The van der Waals surface area contributed by atoms with Gasteiger partial charge >= 0.3 is 12.1 Å². The average Bonchev–Trinajstić information content (AvgIpc) is 3.12. The van der Waals surface area contributed by atoms with Gasteiger partial charge in [0.15, 0.2) is 5.41 Å². The van der Waals surface area contributed by atoms with Crippen LogP contribution in [0.25, 0.3) is 10.1 Å². The van der Waals surface area contributed by atoms with Crippen molar-refractivity contribution in [1.29, 1.82) is 0 Å². The predicted octanol–water partition coefficient (Wildman–Crippen LogP) is 3.31. The average molecular weight is 357 g/mol. The van der Waals surface area contributed by atoms with Crippen molar-refractivity contribution in [3.8, 4) is 0 Å². The van der Waals surface area contributed by atoms with Crippen molar-refractivity contribution in [3.63, 3.8) is 0 Å². The molecule has 8 heteroatoms. The largest absolute Gasteiger partial charge is 0.481 e. The predicted molar refractivity (Wildman–Crippen MR) is 82.8 cm³/mol. The Morgan fingerprint density at radius 3 is 2.62 bits per heavy atom. The summed E-state index contributed by atoms with van der Waals surface area (Å²) in [6.07, 6.45) is -5.53. The third-order valence-electron chi connectivity index (χ3n) is 4.48. The number of carbonyl (C=O) groups is 2. The van der Waals surface area contributed by atoms with E-state index in [1.54, 1.807) is 0 Å². The van der Waals surface area contributed by atoms with E-state index in [1.165, 1.54) is 11.3 Å². The summed E-state index contributed by atoms with van der Waals surface area (Å²) < 4.78 is 40.5. The van der Waals surface area contributed by atoms with E-state index in [0.29, 0.717) is 0 Å². The van der Waals surface area contributed by atoms with Crippen LogP contribution in [-0.2, 0) is 16.0 Å². The molecule has 0 radical (unpaired) electrons. The third-order valence-corrected chi connectivity index (χ3v) is 5.49. The molecule has 3 rings (SSSR count). The summed E-state index contributed by atoms with van der Waals surface area (Å²) in [7, 11) is 0. The molecule has 24 heavy (non-hydrogen) atoms. The number of likely N-dealkylation sites (tertiary alicyclic amines) is 1. The highest BCUT2D eigenvalue weighted by molar-refractivity contribution is 7.17. The SMILES string of the molecule is O=C(Cc1csc2ccccc12)N1CCC(C(=O)O)(C(F)(F)F)C1. The van der Waals surface area contributed by atoms with E-state index >= 15 is 0 Å². The second-order valence-electron chi connectivity index (χ2n) is 5.88. The van der Waals surface area contributed by atoms with E-state index in [0.717, 1.165) is 20.5 Å². The van der Waals surface area contributed by atoms with E-state index in [2.05, 4.69) is 0 Å². The number of benzene rings is 1. The Kier molecular flexibility index (Phi) is 4.03. The van der Waals surface area contributed by atoms with Crippen LogP contribution in [0.4, 0.5) is 13.2 Å². The maximum Gasteiger partial charge on any atom is 0.406 e. The number of alkyl halides is 3. The Labute approximate surface area is 139 Å². The molecule has 1 unspecified atom stereocenters. The molecule has 0 aliphatic carbocycles. The van der Waals surface area contributed by atoms with E-state index in [-0.39, 0.29) is 13.0 Å². The molecular weight excluding hydrogens is 343 g/mol. The van der Waals surface area contributed by atoms with Gasteiger partial charge in [-0.3, -0.25) is 9.59 Å². The number of aliphatic carboxylic acids is 1. The highest BCUT2D eigenvalue weighted by Crippen LogP contribution is 2.45. The van der Waals surface area contributed by atoms with Crippen molar-refractivity contribution in [1.82, 2.24) is 4.90 Å². The summed E-state index contributed by atoms with van der Waals surface area (Å²) in [4.78, 5) is 24.5. The molecule has 1 aromatic heterocycles. The molecule has 0 saturated carbocycles. The summed E-state index contributed by atoms with van der Waals surface area (Å²) in [6, 6.07) is 7.46. The molecule has 1 aromatic carbocycles. The number of fused-ring (bicyclic) bond motifs is 1. The zero-order valence-corrected chi connectivity index (χ0v) is 13.3. The summed E-state index contributed by atoms with van der Waals surface area (Å²) in [5, 5.41) is 11.8. The second kappa shape index (κ2) is 5.77. The summed E-state index contributed by atoms with van der Waals surface area (Å²) in [6.45, 7) is -1.03. The van der Waals surface area contributed by atoms with E-state index < -0.39 is 36.4 Å². The van der Waals surface area contributed by atoms with Crippen LogP contribution < -0.4 is 0 Å². The minimum atomic E-state index is -4.89. The number of hydrogen-bond donors (Lipinski definition) is 1. The van der Waals surface area contributed by atoms with Gasteiger partial charge < -0.3 is 10.0 Å². The summed E-state index contributed by atoms with van der Waals surface area (Å²) in [5.74, 6) is -2.41. The Morgan fingerprint density at radius 1 is 1.29 bits per heavy atom. The number of carboxylic acid groups (broad SMARTS) is 1. The van der Waals surface area contributed by atoms with Crippen molar-refractivity contribution >= 4 is 33.3 Å². The number of amides is 1. The second-order valence-corrected chi connectivity index (χ2v) is 6.80. The zero-order valence-electron chi connectivity index (χ0n) is 12.5. The van der Waals surface area contributed by atoms with Crippen LogP contribution in [0.3, 0.4) is 0 Å². The van der Waals surface area contributed by atoms with Gasteiger partial charge in [0.1, 0.15) is 0 Å². The first-order valence-corrected chi connectivity index (χ1v) is 8.15. The lowest BCUT2D eigenvalue weighted by Gasteiger charge is -2.27. The number of rotatable bonds is 3. The van der Waals surface area contributed by atoms with Gasteiger partial charge in [0.25, 0.3) is 0 Å². The van der Waals surface area contributed by atoms with Gasteiger partial charge in [0.05, 0.1) is 6.42 Å². The van der Waals surface area contributed by atoms with Crippen LogP contribution in [0, 0.1) is 5.41 Å². The van der Waals surface area contributed by atoms with Gasteiger partial charge in [-0.25, -0.2) is 0 Å². The van der Waals surface area contributed by atoms with Crippen LogP contribution in [0.1, 0.15) is 12.0 Å². The lowest BCUT2D eigenvalue weighted by atomic mass is 9.86. The fourth-order valence-corrected chi connectivity index (χ4v) is 3.96.